The van der Waals surface area contributed by atoms with Gasteiger partial charge in [-0.1, -0.05) is 24.3 Å². The molecular weight excluding hydrogens is 198 g/mol. The molecule has 0 amide bonds. The van der Waals surface area contributed by atoms with Crippen molar-refractivity contribution in [3.05, 3.63) is 42.1 Å². The van der Waals surface area contributed by atoms with Crippen LogP contribution in [0.15, 0.2) is 36.4 Å². The lowest BCUT2D eigenvalue weighted by Crippen LogP contribution is -2.23. The first-order valence-electron chi connectivity index (χ1n) is 5.77. The maximum absolute atomic E-state index is 9.83. The Balaban J connectivity index is 2.12. The maximum Gasteiger partial charge on any atom is 0.0705 e. The van der Waals surface area contributed by atoms with Crippen LogP contribution in [0.25, 0.3) is 10.9 Å². The second kappa shape index (κ2) is 3.29. The Labute approximate surface area is 94.9 Å². The molecule has 0 bridgehead atoms. The number of aliphatic hydroxyl groups excluding tert-OH is 1. The number of pyridine rings is 1. The summed E-state index contributed by atoms with van der Waals surface area (Å²) in [5.74, 6) is 0. The van der Waals surface area contributed by atoms with Gasteiger partial charge in [-0.3, -0.25) is 4.98 Å². The molecule has 1 unspecified atom stereocenters. The number of fused-ring (bicyclic) bond motifs is 1. The van der Waals surface area contributed by atoms with Crippen LogP contribution in [-0.2, 0) is 5.41 Å². The fourth-order valence-electron chi connectivity index (χ4n) is 2.37. The first-order chi connectivity index (χ1) is 7.72. The minimum atomic E-state index is -0.304. The van der Waals surface area contributed by atoms with Gasteiger partial charge in [0.05, 0.1) is 11.6 Å². The lowest BCUT2D eigenvalue weighted by atomic mass is 9.95. The van der Waals surface area contributed by atoms with E-state index in [0.717, 1.165) is 29.4 Å². The minimum Gasteiger partial charge on any atom is -0.392 e. The van der Waals surface area contributed by atoms with Gasteiger partial charge in [-0.15, -0.1) is 0 Å². The molecule has 1 atom stereocenters. The Morgan fingerprint density at radius 1 is 1.19 bits per heavy atom. The van der Waals surface area contributed by atoms with Gasteiger partial charge in [-0.2, -0.15) is 0 Å². The summed E-state index contributed by atoms with van der Waals surface area (Å²) in [6, 6.07) is 12.3. The van der Waals surface area contributed by atoms with Crippen molar-refractivity contribution in [2.75, 3.05) is 0 Å². The molecule has 0 radical (unpaired) electrons. The molecule has 16 heavy (non-hydrogen) atoms. The van der Waals surface area contributed by atoms with Crippen molar-refractivity contribution >= 4 is 10.9 Å². The smallest absolute Gasteiger partial charge is 0.0705 e. The largest absolute Gasteiger partial charge is 0.392 e. The molecule has 82 valence electrons. The van der Waals surface area contributed by atoms with Crippen molar-refractivity contribution in [3.8, 4) is 0 Å². The zero-order valence-corrected chi connectivity index (χ0v) is 9.35. The van der Waals surface area contributed by atoms with Crippen LogP contribution in [-0.4, -0.2) is 16.2 Å². The normalized spacial score (nSPS) is 19.6. The number of benzene rings is 1. The van der Waals surface area contributed by atoms with Gasteiger partial charge in [-0.25, -0.2) is 0 Å². The Hall–Kier alpha value is -1.41. The number of aromatic nitrogens is 1. The highest BCUT2D eigenvalue weighted by atomic mass is 16.3. The molecule has 1 heterocycles. The van der Waals surface area contributed by atoms with Crippen LogP contribution in [0, 0.1) is 0 Å². The van der Waals surface area contributed by atoms with Gasteiger partial charge >= 0.3 is 0 Å². The van der Waals surface area contributed by atoms with Crippen molar-refractivity contribution in [1.29, 1.82) is 0 Å². The number of nitrogens with zero attached hydrogens (tertiary/aromatic N) is 1. The highest BCUT2D eigenvalue weighted by Crippen LogP contribution is 2.50. The number of para-hydroxylation sites is 1. The number of hydrogen-bond donors (Lipinski definition) is 1. The van der Waals surface area contributed by atoms with Crippen LogP contribution >= 0.6 is 0 Å². The van der Waals surface area contributed by atoms with Crippen LogP contribution in [0.5, 0.6) is 0 Å². The SMILES string of the molecule is CC(O)C1(c2ccc3ccccc3n2)CC1. The standard InChI is InChI=1S/C14H15NO/c1-10(16)14(8-9-14)13-7-6-11-4-2-3-5-12(11)15-13/h2-7,10,16H,8-9H2,1H3. The Morgan fingerprint density at radius 2 is 1.94 bits per heavy atom. The lowest BCUT2D eigenvalue weighted by molar-refractivity contribution is 0.149. The van der Waals surface area contributed by atoms with Gasteiger partial charge in [0.25, 0.3) is 0 Å². The summed E-state index contributed by atoms with van der Waals surface area (Å²) in [7, 11) is 0. The van der Waals surface area contributed by atoms with Gasteiger partial charge in [0.1, 0.15) is 0 Å². The monoisotopic (exact) mass is 213 g/mol. The van der Waals surface area contributed by atoms with Crippen molar-refractivity contribution in [2.24, 2.45) is 0 Å². The summed E-state index contributed by atoms with van der Waals surface area (Å²) in [6.45, 7) is 1.86. The highest BCUT2D eigenvalue weighted by molar-refractivity contribution is 5.78. The minimum absolute atomic E-state index is 0.0654. The third-order valence-electron chi connectivity index (χ3n) is 3.70. The van der Waals surface area contributed by atoms with E-state index in [9.17, 15) is 5.11 Å². The zero-order valence-electron chi connectivity index (χ0n) is 9.35. The second-order valence-corrected chi connectivity index (χ2v) is 4.72. The quantitative estimate of drug-likeness (QED) is 0.832. The number of hydrogen-bond acceptors (Lipinski definition) is 2. The van der Waals surface area contributed by atoms with Crippen molar-refractivity contribution in [2.45, 2.75) is 31.3 Å². The lowest BCUT2D eigenvalue weighted by Gasteiger charge is -2.18. The number of rotatable bonds is 2. The van der Waals surface area contributed by atoms with E-state index in [1.54, 1.807) is 0 Å². The molecule has 1 aromatic heterocycles. The summed E-state index contributed by atoms with van der Waals surface area (Å²) < 4.78 is 0. The molecule has 2 nitrogen and oxygen atoms in total. The summed E-state index contributed by atoms with van der Waals surface area (Å²) in [5, 5.41) is 11.0. The van der Waals surface area contributed by atoms with E-state index in [4.69, 9.17) is 0 Å². The molecule has 0 spiro atoms. The van der Waals surface area contributed by atoms with E-state index in [0.29, 0.717) is 0 Å². The fourth-order valence-corrected chi connectivity index (χ4v) is 2.37. The summed E-state index contributed by atoms with van der Waals surface area (Å²) in [4.78, 5) is 4.67. The average molecular weight is 213 g/mol. The van der Waals surface area contributed by atoms with Gasteiger partial charge in [0.15, 0.2) is 0 Å². The van der Waals surface area contributed by atoms with Crippen LogP contribution in [0.1, 0.15) is 25.5 Å². The predicted molar refractivity (Wildman–Crippen MR) is 64.3 cm³/mol. The van der Waals surface area contributed by atoms with E-state index in [2.05, 4.69) is 23.2 Å². The van der Waals surface area contributed by atoms with E-state index in [1.165, 1.54) is 0 Å². The van der Waals surface area contributed by atoms with Crippen LogP contribution in [0.2, 0.25) is 0 Å². The second-order valence-electron chi connectivity index (χ2n) is 4.72. The summed E-state index contributed by atoms with van der Waals surface area (Å²) in [5.41, 5.74) is 2.00. The molecule has 1 saturated carbocycles. The van der Waals surface area contributed by atoms with E-state index >= 15 is 0 Å². The molecule has 1 aliphatic rings. The van der Waals surface area contributed by atoms with Crippen molar-refractivity contribution in [3.63, 3.8) is 0 Å². The highest BCUT2D eigenvalue weighted by Gasteiger charge is 2.49. The first kappa shape index (κ1) is 9.79. The summed E-state index contributed by atoms with van der Waals surface area (Å²) in [6.07, 6.45) is 1.80. The third kappa shape index (κ3) is 1.34. The average Bonchev–Trinajstić information content (AvgIpc) is 3.09. The topological polar surface area (TPSA) is 33.1 Å². The Bertz CT molecular complexity index is 529. The molecule has 1 N–H and O–H groups in total. The predicted octanol–water partition coefficient (Wildman–Crippen LogP) is 2.65. The van der Waals surface area contributed by atoms with Crippen molar-refractivity contribution in [1.82, 2.24) is 4.98 Å². The first-order valence-corrected chi connectivity index (χ1v) is 5.77. The molecule has 1 aliphatic carbocycles. The van der Waals surface area contributed by atoms with E-state index < -0.39 is 0 Å². The number of aliphatic hydroxyl groups is 1. The van der Waals surface area contributed by atoms with Gasteiger partial charge < -0.3 is 5.11 Å². The van der Waals surface area contributed by atoms with Gasteiger partial charge in [0.2, 0.25) is 0 Å². The molecule has 0 aliphatic heterocycles. The fraction of sp³-hybridized carbons (Fsp3) is 0.357. The molecule has 2 aromatic rings. The van der Waals surface area contributed by atoms with E-state index in [1.807, 2.05) is 25.1 Å². The van der Waals surface area contributed by atoms with E-state index in [-0.39, 0.29) is 11.5 Å². The maximum atomic E-state index is 9.83. The molecule has 1 aromatic carbocycles. The Kier molecular flexibility index (Phi) is 2.01. The van der Waals surface area contributed by atoms with Crippen LogP contribution < -0.4 is 0 Å². The molecule has 0 saturated heterocycles. The molecule has 2 heteroatoms. The van der Waals surface area contributed by atoms with Crippen LogP contribution in [0.4, 0.5) is 0 Å². The summed E-state index contributed by atoms with van der Waals surface area (Å²) >= 11 is 0. The zero-order chi connectivity index (χ0) is 11.2. The molecule has 1 fully saturated rings. The molecular formula is C14H15NO. The van der Waals surface area contributed by atoms with Gasteiger partial charge in [0, 0.05) is 16.5 Å². The Morgan fingerprint density at radius 3 is 2.62 bits per heavy atom. The van der Waals surface area contributed by atoms with Crippen LogP contribution in [0.3, 0.4) is 0 Å². The molecule has 3 rings (SSSR count). The van der Waals surface area contributed by atoms with Gasteiger partial charge in [-0.05, 0) is 31.9 Å². The van der Waals surface area contributed by atoms with Crippen molar-refractivity contribution < 1.29 is 5.11 Å². The third-order valence-corrected chi connectivity index (χ3v) is 3.70.